The maximum Gasteiger partial charge on any atom is 0.237 e. The first-order valence-electron chi connectivity index (χ1n) is 15.1. The van der Waals surface area contributed by atoms with Crippen molar-refractivity contribution in [3.8, 4) is 45.4 Å². The number of ether oxygens (including phenoxy) is 2. The van der Waals surface area contributed by atoms with E-state index in [0.717, 1.165) is 22.5 Å². The van der Waals surface area contributed by atoms with Gasteiger partial charge >= 0.3 is 0 Å². The number of hydrogen-bond donors (Lipinski definition) is 2. The highest BCUT2D eigenvalue weighted by atomic mass is 35.5. The van der Waals surface area contributed by atoms with E-state index >= 15 is 0 Å². The Hall–Kier alpha value is -4.88. The van der Waals surface area contributed by atoms with Gasteiger partial charge in [0.2, 0.25) is 11.8 Å². The number of methoxy groups -OCH3 is 2. The molecule has 0 aliphatic heterocycles. The molecule has 0 saturated heterocycles. The van der Waals surface area contributed by atoms with Gasteiger partial charge in [-0.05, 0) is 12.1 Å². The topological polar surface area (TPSA) is 130 Å². The molecular formula is C34H34Cl2N10O2. The molecule has 4 aromatic heterocycles. The molecule has 0 aliphatic carbocycles. The van der Waals surface area contributed by atoms with Crippen molar-refractivity contribution in [3.63, 3.8) is 0 Å². The normalized spacial score (nSPS) is 11.2. The van der Waals surface area contributed by atoms with Gasteiger partial charge in [-0.1, -0.05) is 59.6 Å². The number of hydrogen-bond acceptors (Lipinski definition) is 10. The van der Waals surface area contributed by atoms with Gasteiger partial charge in [-0.3, -0.25) is 19.3 Å². The minimum Gasteiger partial charge on any atom is -0.480 e. The Morgan fingerprint density at radius 3 is 1.40 bits per heavy atom. The van der Waals surface area contributed by atoms with Crippen LogP contribution in [-0.2, 0) is 40.3 Å². The number of aromatic nitrogens is 8. The fraction of sp³-hybridized carbons (Fsp3) is 0.235. The highest BCUT2D eigenvalue weighted by Gasteiger charge is 2.19. The Morgan fingerprint density at radius 1 is 0.604 bits per heavy atom. The van der Waals surface area contributed by atoms with E-state index in [1.807, 2.05) is 75.0 Å². The van der Waals surface area contributed by atoms with Crippen molar-refractivity contribution in [2.24, 2.45) is 14.1 Å². The average Bonchev–Trinajstić information content (AvgIpc) is 3.72. The van der Waals surface area contributed by atoms with Crippen LogP contribution in [0.5, 0.6) is 11.8 Å². The second-order valence-electron chi connectivity index (χ2n) is 10.9. The standard InChI is InChI=1S/C34H34Cl2N10O2/c1-45-13-11-21(43-45)15-37-17-29-33(47-3)41-27(19-39-29)25-9-5-7-23(31(25)35)24-8-6-10-26(32(24)36)28-20-40-30(34(42-28)48-4)18-38-16-22-12-14-46(2)44-22/h5-14,19-20,37-38H,15-18H2,1-4H3. The van der Waals surface area contributed by atoms with Gasteiger partial charge in [0.25, 0.3) is 0 Å². The molecule has 0 atom stereocenters. The molecule has 0 amide bonds. The molecule has 0 fully saturated rings. The Kier molecular flexibility index (Phi) is 10.3. The summed E-state index contributed by atoms with van der Waals surface area (Å²) in [6, 6.07) is 15.4. The van der Waals surface area contributed by atoms with Crippen molar-refractivity contribution in [2.75, 3.05) is 14.2 Å². The molecule has 14 heteroatoms. The van der Waals surface area contributed by atoms with Gasteiger partial charge in [0.15, 0.2) is 0 Å². The van der Waals surface area contributed by atoms with Crippen molar-refractivity contribution in [2.45, 2.75) is 26.2 Å². The van der Waals surface area contributed by atoms with Crippen LogP contribution in [-0.4, -0.2) is 53.7 Å². The fourth-order valence-corrected chi connectivity index (χ4v) is 5.88. The SMILES string of the molecule is COc1nc(-c2cccc(-c3cccc(-c4cnc(CNCc5ccn(C)n5)c(OC)n4)c3Cl)c2Cl)cnc1CNCc1ccn(C)n1. The first-order valence-corrected chi connectivity index (χ1v) is 15.9. The molecule has 0 aliphatic rings. The van der Waals surface area contributed by atoms with Crippen molar-refractivity contribution >= 4 is 23.2 Å². The molecule has 12 nitrogen and oxygen atoms in total. The number of halogens is 2. The Bertz CT molecular complexity index is 1900. The number of aryl methyl sites for hydroxylation is 2. The van der Waals surface area contributed by atoms with Gasteiger partial charge in [-0.25, -0.2) is 9.97 Å². The summed E-state index contributed by atoms with van der Waals surface area (Å²) in [5, 5.41) is 16.4. The molecular weight excluding hydrogens is 651 g/mol. The summed E-state index contributed by atoms with van der Waals surface area (Å²) in [6.07, 6.45) is 7.19. The number of nitrogens with zero attached hydrogens (tertiary/aromatic N) is 8. The third-order valence-corrected chi connectivity index (χ3v) is 8.40. The zero-order chi connectivity index (χ0) is 33.6. The second kappa shape index (κ2) is 14.9. The Morgan fingerprint density at radius 2 is 1.02 bits per heavy atom. The van der Waals surface area contributed by atoms with Crippen LogP contribution in [0.4, 0.5) is 0 Å². The molecule has 6 aromatic rings. The van der Waals surface area contributed by atoms with Crippen LogP contribution in [0, 0.1) is 0 Å². The van der Waals surface area contributed by atoms with Gasteiger partial charge in [0, 0.05) is 74.9 Å². The van der Waals surface area contributed by atoms with Crippen LogP contribution in [0.25, 0.3) is 33.6 Å². The van der Waals surface area contributed by atoms with Crippen molar-refractivity contribution in [3.05, 3.63) is 106 Å². The lowest BCUT2D eigenvalue weighted by atomic mass is 9.98. The minimum atomic E-state index is 0.408. The summed E-state index contributed by atoms with van der Waals surface area (Å²) in [5.74, 6) is 0.816. The van der Waals surface area contributed by atoms with Crippen LogP contribution >= 0.6 is 23.2 Å². The van der Waals surface area contributed by atoms with E-state index in [2.05, 4.69) is 30.8 Å². The number of benzene rings is 2. The molecule has 0 spiro atoms. The van der Waals surface area contributed by atoms with E-state index in [-0.39, 0.29) is 0 Å². The smallest absolute Gasteiger partial charge is 0.237 e. The molecule has 2 N–H and O–H groups in total. The molecule has 6 rings (SSSR count). The van der Waals surface area contributed by atoms with Crippen LogP contribution in [0.1, 0.15) is 22.8 Å². The summed E-state index contributed by atoms with van der Waals surface area (Å²) >= 11 is 14.1. The minimum absolute atomic E-state index is 0.408. The third kappa shape index (κ3) is 7.32. The summed E-state index contributed by atoms with van der Waals surface area (Å²) in [5.41, 5.74) is 7.21. The van der Waals surface area contributed by atoms with Crippen molar-refractivity contribution in [1.82, 2.24) is 50.1 Å². The summed E-state index contributed by atoms with van der Waals surface area (Å²) in [6.45, 7) is 2.10. The van der Waals surface area contributed by atoms with E-state index in [9.17, 15) is 0 Å². The zero-order valence-corrected chi connectivity index (χ0v) is 28.4. The molecule has 246 valence electrons. The fourth-order valence-electron chi connectivity index (χ4n) is 5.23. The molecule has 2 aromatic carbocycles. The monoisotopic (exact) mass is 684 g/mol. The van der Waals surface area contributed by atoms with Gasteiger partial charge in [-0.15, -0.1) is 0 Å². The number of rotatable bonds is 13. The molecule has 0 saturated carbocycles. The molecule has 48 heavy (non-hydrogen) atoms. The van der Waals surface area contributed by atoms with E-state index < -0.39 is 0 Å². The van der Waals surface area contributed by atoms with Gasteiger partial charge in [-0.2, -0.15) is 10.2 Å². The molecule has 4 heterocycles. The highest BCUT2D eigenvalue weighted by molar-refractivity contribution is 6.39. The predicted molar refractivity (Wildman–Crippen MR) is 185 cm³/mol. The Labute approximate surface area is 288 Å². The lowest BCUT2D eigenvalue weighted by Crippen LogP contribution is -2.15. The van der Waals surface area contributed by atoms with Crippen LogP contribution in [0.2, 0.25) is 10.0 Å². The summed E-state index contributed by atoms with van der Waals surface area (Å²) < 4.78 is 14.7. The predicted octanol–water partition coefficient (Wildman–Crippen LogP) is 5.64. The van der Waals surface area contributed by atoms with E-state index in [1.165, 1.54) is 0 Å². The Balaban J connectivity index is 1.22. The largest absolute Gasteiger partial charge is 0.480 e. The van der Waals surface area contributed by atoms with Crippen LogP contribution in [0.3, 0.4) is 0 Å². The van der Waals surface area contributed by atoms with Gasteiger partial charge in [0.05, 0.1) is 59.4 Å². The van der Waals surface area contributed by atoms with E-state index in [1.54, 1.807) is 36.0 Å². The van der Waals surface area contributed by atoms with Gasteiger partial charge < -0.3 is 20.1 Å². The van der Waals surface area contributed by atoms with Crippen LogP contribution in [0.15, 0.2) is 73.3 Å². The maximum absolute atomic E-state index is 7.05. The zero-order valence-electron chi connectivity index (χ0n) is 26.9. The quantitative estimate of drug-likeness (QED) is 0.158. The maximum atomic E-state index is 7.05. The van der Waals surface area contributed by atoms with Crippen molar-refractivity contribution < 1.29 is 9.47 Å². The van der Waals surface area contributed by atoms with Crippen molar-refractivity contribution in [1.29, 1.82) is 0 Å². The highest BCUT2D eigenvalue weighted by Crippen LogP contribution is 2.42. The molecule has 0 bridgehead atoms. The van der Waals surface area contributed by atoms with E-state index in [4.69, 9.17) is 42.6 Å². The first-order chi connectivity index (χ1) is 23.3. The summed E-state index contributed by atoms with van der Waals surface area (Å²) in [7, 11) is 6.92. The summed E-state index contributed by atoms with van der Waals surface area (Å²) in [4.78, 5) is 18.8. The van der Waals surface area contributed by atoms with E-state index in [0.29, 0.717) is 81.9 Å². The molecule has 0 unspecified atom stereocenters. The lowest BCUT2D eigenvalue weighted by Gasteiger charge is -2.15. The number of nitrogens with one attached hydrogen (secondary N) is 2. The first kappa shape index (κ1) is 33.0. The van der Waals surface area contributed by atoms with Gasteiger partial charge in [0.1, 0.15) is 11.4 Å². The second-order valence-corrected chi connectivity index (χ2v) is 11.7. The van der Waals surface area contributed by atoms with Crippen LogP contribution < -0.4 is 20.1 Å². The lowest BCUT2D eigenvalue weighted by molar-refractivity contribution is 0.387. The third-order valence-electron chi connectivity index (χ3n) is 7.58. The molecule has 0 radical (unpaired) electrons. The average molecular weight is 686 g/mol.